The van der Waals surface area contributed by atoms with Crippen LogP contribution in [0.5, 0.6) is 17.2 Å². The van der Waals surface area contributed by atoms with Gasteiger partial charge < -0.3 is 18.6 Å². The van der Waals surface area contributed by atoms with Crippen molar-refractivity contribution in [1.29, 1.82) is 0 Å². The molecule has 5 rings (SSSR count). The van der Waals surface area contributed by atoms with Crippen LogP contribution >= 0.6 is 0 Å². The fourth-order valence-electron chi connectivity index (χ4n) is 3.89. The van der Waals surface area contributed by atoms with Crippen molar-refractivity contribution in [3.8, 4) is 40.0 Å². The van der Waals surface area contributed by atoms with Crippen LogP contribution in [0.2, 0.25) is 0 Å². The molecule has 2 heterocycles. The van der Waals surface area contributed by atoms with E-state index in [0.717, 1.165) is 5.56 Å². The number of amides is 4. The predicted octanol–water partition coefficient (Wildman–Crippen LogP) is 4.46. The lowest BCUT2D eigenvalue weighted by molar-refractivity contribution is -0.153. The molecule has 1 aromatic heterocycles. The van der Waals surface area contributed by atoms with Gasteiger partial charge in [0.05, 0.1) is 12.8 Å². The highest BCUT2D eigenvalue weighted by atomic mass is 19.1. The molecule has 198 valence electrons. The minimum Gasteiger partial charge on any atom is -0.467 e. The Morgan fingerprint density at radius 3 is 2.00 bits per heavy atom. The maximum absolute atomic E-state index is 13.2. The number of aromatic nitrogens is 1. The van der Waals surface area contributed by atoms with Crippen LogP contribution in [-0.2, 0) is 14.3 Å². The van der Waals surface area contributed by atoms with Crippen molar-refractivity contribution in [3.63, 3.8) is 0 Å². The molecule has 1 saturated heterocycles. The van der Waals surface area contributed by atoms with Crippen LogP contribution in [0.1, 0.15) is 6.42 Å². The van der Waals surface area contributed by atoms with Gasteiger partial charge in [0.15, 0.2) is 5.76 Å². The number of hydrogen-bond acceptors (Lipinski definition) is 8. The zero-order valence-electron chi connectivity index (χ0n) is 20.6. The SMILES string of the molecule is COCCC1(Oc2ccc(Oc3ccc(-c4cnc(-c5ccc(F)cc5)o4)cc3)cc2)C(=O)NC(=O)NC1=O. The third kappa shape index (κ3) is 5.48. The molecule has 4 amide bonds. The molecule has 1 fully saturated rings. The molecule has 0 spiro atoms. The van der Waals surface area contributed by atoms with E-state index in [1.165, 1.54) is 19.2 Å². The standard InChI is InChI=1S/C28H22FN3O7/c1-36-15-14-28(25(33)31-27(35)32-26(28)34)39-22-12-10-21(11-13-22)37-20-8-4-17(5-9-20)23-16-30-24(38-23)18-2-6-19(29)7-3-18/h2-13,16H,14-15H2,1H3,(H2,31,32,33,34,35). The van der Waals surface area contributed by atoms with E-state index in [4.69, 9.17) is 18.6 Å². The summed E-state index contributed by atoms with van der Waals surface area (Å²) >= 11 is 0. The third-order valence-electron chi connectivity index (χ3n) is 5.93. The van der Waals surface area contributed by atoms with Crippen LogP contribution in [0.3, 0.4) is 0 Å². The van der Waals surface area contributed by atoms with Gasteiger partial charge in [-0.2, -0.15) is 0 Å². The summed E-state index contributed by atoms with van der Waals surface area (Å²) in [7, 11) is 1.42. The number of nitrogens with one attached hydrogen (secondary N) is 2. The molecule has 3 aromatic carbocycles. The first-order valence-electron chi connectivity index (χ1n) is 11.8. The lowest BCUT2D eigenvalue weighted by Crippen LogP contribution is -2.69. The Balaban J connectivity index is 1.25. The van der Waals surface area contributed by atoms with Crippen LogP contribution in [0.25, 0.3) is 22.8 Å². The molecule has 2 N–H and O–H groups in total. The van der Waals surface area contributed by atoms with Crippen molar-refractivity contribution >= 4 is 17.8 Å². The first-order chi connectivity index (χ1) is 18.9. The number of rotatable bonds is 9. The lowest BCUT2D eigenvalue weighted by atomic mass is 9.95. The second-order valence-electron chi connectivity index (χ2n) is 8.54. The summed E-state index contributed by atoms with van der Waals surface area (Å²) in [5.41, 5.74) is -0.520. The van der Waals surface area contributed by atoms with E-state index in [2.05, 4.69) is 15.6 Å². The van der Waals surface area contributed by atoms with Crippen LogP contribution in [-0.4, -0.2) is 42.1 Å². The first kappa shape index (κ1) is 25.6. The molecule has 0 bridgehead atoms. The summed E-state index contributed by atoms with van der Waals surface area (Å²) in [4.78, 5) is 40.9. The summed E-state index contributed by atoms with van der Waals surface area (Å²) in [6.07, 6.45) is 1.49. The number of ether oxygens (including phenoxy) is 3. The predicted molar refractivity (Wildman–Crippen MR) is 135 cm³/mol. The van der Waals surface area contributed by atoms with Crippen molar-refractivity contribution in [2.24, 2.45) is 0 Å². The summed E-state index contributed by atoms with van der Waals surface area (Å²) in [6, 6.07) is 18.4. The summed E-state index contributed by atoms with van der Waals surface area (Å²) in [5, 5.41) is 4.12. The maximum atomic E-state index is 13.2. The van der Waals surface area contributed by atoms with Gasteiger partial charge in [-0.3, -0.25) is 20.2 Å². The zero-order chi connectivity index (χ0) is 27.4. The van der Waals surface area contributed by atoms with Gasteiger partial charge in [0, 0.05) is 24.7 Å². The number of benzene rings is 3. The highest BCUT2D eigenvalue weighted by Crippen LogP contribution is 2.31. The van der Waals surface area contributed by atoms with Crippen molar-refractivity contribution in [1.82, 2.24) is 15.6 Å². The number of halogens is 1. The number of barbiturate groups is 1. The third-order valence-corrected chi connectivity index (χ3v) is 5.93. The van der Waals surface area contributed by atoms with Gasteiger partial charge in [-0.05, 0) is 72.8 Å². The van der Waals surface area contributed by atoms with Crippen LogP contribution in [0, 0.1) is 5.82 Å². The monoisotopic (exact) mass is 531 g/mol. The molecule has 11 heteroatoms. The Hall–Kier alpha value is -5.03. The average Bonchev–Trinajstić information content (AvgIpc) is 3.42. The van der Waals surface area contributed by atoms with E-state index in [9.17, 15) is 18.8 Å². The van der Waals surface area contributed by atoms with Gasteiger partial charge in [0.25, 0.3) is 17.4 Å². The van der Waals surface area contributed by atoms with E-state index >= 15 is 0 Å². The molecular weight excluding hydrogens is 509 g/mol. The number of methoxy groups -OCH3 is 1. The van der Waals surface area contributed by atoms with E-state index in [0.29, 0.717) is 28.7 Å². The molecule has 39 heavy (non-hydrogen) atoms. The normalized spacial score (nSPS) is 14.5. The molecule has 1 aliphatic rings. The molecule has 1 aliphatic heterocycles. The van der Waals surface area contributed by atoms with Crippen molar-refractivity contribution in [3.05, 3.63) is 84.8 Å². The molecule has 0 atom stereocenters. The number of nitrogens with zero attached hydrogens (tertiary/aromatic N) is 1. The Labute approximate surface area is 221 Å². The average molecular weight is 531 g/mol. The number of imide groups is 2. The Morgan fingerprint density at radius 2 is 1.38 bits per heavy atom. The minimum absolute atomic E-state index is 0.0494. The van der Waals surface area contributed by atoms with E-state index in [-0.39, 0.29) is 24.6 Å². The molecule has 0 saturated carbocycles. The van der Waals surface area contributed by atoms with E-state index < -0.39 is 23.4 Å². The van der Waals surface area contributed by atoms with Crippen LogP contribution in [0.15, 0.2) is 83.4 Å². The van der Waals surface area contributed by atoms with E-state index in [1.54, 1.807) is 54.7 Å². The second-order valence-corrected chi connectivity index (χ2v) is 8.54. The molecule has 0 radical (unpaired) electrons. The van der Waals surface area contributed by atoms with Gasteiger partial charge in [-0.25, -0.2) is 14.2 Å². The van der Waals surface area contributed by atoms with Gasteiger partial charge in [-0.1, -0.05) is 0 Å². The number of oxazole rings is 1. The van der Waals surface area contributed by atoms with Crippen LogP contribution < -0.4 is 20.1 Å². The van der Waals surface area contributed by atoms with Crippen molar-refractivity contribution in [2.45, 2.75) is 12.0 Å². The maximum Gasteiger partial charge on any atom is 0.328 e. The van der Waals surface area contributed by atoms with Gasteiger partial charge in [0.2, 0.25) is 5.89 Å². The van der Waals surface area contributed by atoms with Crippen molar-refractivity contribution < 1.29 is 37.4 Å². The molecule has 4 aromatic rings. The Morgan fingerprint density at radius 1 is 0.821 bits per heavy atom. The fourth-order valence-corrected chi connectivity index (χ4v) is 3.89. The number of urea groups is 1. The largest absolute Gasteiger partial charge is 0.467 e. The molecular formula is C28H22FN3O7. The first-order valence-corrected chi connectivity index (χ1v) is 11.8. The second kappa shape index (κ2) is 10.8. The molecule has 0 unspecified atom stereocenters. The summed E-state index contributed by atoms with van der Waals surface area (Å²) < 4.78 is 35.7. The van der Waals surface area contributed by atoms with E-state index in [1.807, 2.05) is 12.1 Å². The topological polar surface area (TPSA) is 129 Å². The molecule has 10 nitrogen and oxygen atoms in total. The lowest BCUT2D eigenvalue weighted by Gasteiger charge is -2.34. The van der Waals surface area contributed by atoms with Gasteiger partial charge in [0.1, 0.15) is 23.1 Å². The number of carbonyl (C=O) groups excluding carboxylic acids is 3. The summed E-state index contributed by atoms with van der Waals surface area (Å²) in [6.45, 7) is 0.0494. The molecule has 0 aliphatic carbocycles. The van der Waals surface area contributed by atoms with Crippen LogP contribution in [0.4, 0.5) is 9.18 Å². The minimum atomic E-state index is -1.96. The number of hydrogen-bond donors (Lipinski definition) is 2. The number of carbonyl (C=O) groups is 3. The Bertz CT molecular complexity index is 1480. The quantitative estimate of drug-likeness (QED) is 0.303. The smallest absolute Gasteiger partial charge is 0.328 e. The summed E-state index contributed by atoms with van der Waals surface area (Å²) in [5.74, 6) is 0.0924. The fraction of sp³-hybridized carbons (Fsp3) is 0.143. The zero-order valence-corrected chi connectivity index (χ0v) is 20.6. The van der Waals surface area contributed by atoms with Crippen molar-refractivity contribution in [2.75, 3.05) is 13.7 Å². The highest BCUT2D eigenvalue weighted by Gasteiger charge is 2.52. The van der Waals surface area contributed by atoms with Gasteiger partial charge >= 0.3 is 6.03 Å². The van der Waals surface area contributed by atoms with Gasteiger partial charge in [-0.15, -0.1) is 0 Å². The highest BCUT2D eigenvalue weighted by molar-refractivity contribution is 6.21. The Kier molecular flexibility index (Phi) is 7.06.